The highest BCUT2D eigenvalue weighted by Crippen LogP contribution is 2.32. The van der Waals surface area contributed by atoms with E-state index in [1.54, 1.807) is 31.9 Å². The van der Waals surface area contributed by atoms with Crippen LogP contribution in [0, 0.1) is 13.8 Å². The van der Waals surface area contributed by atoms with Gasteiger partial charge in [0, 0.05) is 13.6 Å². The quantitative estimate of drug-likeness (QED) is 0.914. The summed E-state index contributed by atoms with van der Waals surface area (Å²) < 4.78 is 4.63. The predicted octanol–water partition coefficient (Wildman–Crippen LogP) is 1.42. The Labute approximate surface area is 139 Å². The molecule has 0 unspecified atom stereocenters. The van der Waals surface area contributed by atoms with Crippen LogP contribution in [0.4, 0.5) is 0 Å². The normalized spacial score (nSPS) is 17.1. The Kier molecular flexibility index (Phi) is 4.28. The largest absolute Gasteiger partial charge is 0.355 e. The van der Waals surface area contributed by atoms with Crippen LogP contribution in [-0.2, 0) is 0 Å². The van der Waals surface area contributed by atoms with Gasteiger partial charge >= 0.3 is 0 Å². The fraction of sp³-hybridized carbons (Fsp3) is 0.438. The number of carbonyl (C=O) groups excluding carboxylic acids is 2. The van der Waals surface area contributed by atoms with E-state index in [1.165, 1.54) is 0 Å². The van der Waals surface area contributed by atoms with Crippen LogP contribution >= 0.6 is 0 Å². The van der Waals surface area contributed by atoms with Crippen molar-refractivity contribution in [2.45, 2.75) is 32.7 Å². The molecule has 2 aromatic rings. The van der Waals surface area contributed by atoms with E-state index < -0.39 is 0 Å². The Morgan fingerprint density at radius 2 is 2.04 bits per heavy atom. The first-order valence-corrected chi connectivity index (χ1v) is 7.82. The van der Waals surface area contributed by atoms with Crippen molar-refractivity contribution >= 4 is 11.8 Å². The Morgan fingerprint density at radius 3 is 2.67 bits per heavy atom. The molecule has 2 aromatic heterocycles. The maximum atomic E-state index is 12.7. The summed E-state index contributed by atoms with van der Waals surface area (Å²) in [4.78, 5) is 30.8. The first-order chi connectivity index (χ1) is 11.5. The zero-order valence-corrected chi connectivity index (χ0v) is 13.9. The van der Waals surface area contributed by atoms with E-state index in [9.17, 15) is 9.59 Å². The molecule has 1 aliphatic heterocycles. The minimum Gasteiger partial charge on any atom is -0.355 e. The monoisotopic (exact) mass is 329 g/mol. The van der Waals surface area contributed by atoms with Crippen molar-refractivity contribution in [3.8, 4) is 0 Å². The number of carbonyl (C=O) groups is 2. The van der Waals surface area contributed by atoms with E-state index in [1.807, 2.05) is 6.07 Å². The molecule has 1 fully saturated rings. The number of aryl methyl sites for hydroxylation is 2. The lowest BCUT2D eigenvalue weighted by Gasteiger charge is -2.24. The number of hydrogen-bond donors (Lipinski definition) is 1. The van der Waals surface area contributed by atoms with Gasteiger partial charge in [0.15, 0.2) is 5.69 Å². The summed E-state index contributed by atoms with van der Waals surface area (Å²) in [6.07, 6.45) is 1.71. The van der Waals surface area contributed by atoms with Crippen LogP contribution in [0.3, 0.4) is 0 Å². The molecular formula is C16H19N5O3. The second-order valence-corrected chi connectivity index (χ2v) is 5.80. The molecule has 0 aromatic carbocycles. The van der Waals surface area contributed by atoms with Gasteiger partial charge in [-0.15, -0.1) is 0 Å². The molecule has 2 amide bonds. The molecule has 8 nitrogen and oxygen atoms in total. The Balaban J connectivity index is 1.88. The summed E-state index contributed by atoms with van der Waals surface area (Å²) in [5.74, 6) is -0.374. The molecule has 24 heavy (non-hydrogen) atoms. The predicted molar refractivity (Wildman–Crippen MR) is 84.4 cm³/mol. The van der Waals surface area contributed by atoms with Crippen LogP contribution in [0.25, 0.3) is 0 Å². The molecule has 126 valence electrons. The molecule has 0 radical (unpaired) electrons. The van der Waals surface area contributed by atoms with Gasteiger partial charge in [-0.05, 0) is 44.0 Å². The smallest absolute Gasteiger partial charge is 0.278 e. The SMILES string of the molecule is CNC(=O)c1ccc([C@H]2CCCN2C(=O)c2nonc2C)nc1C. The fourth-order valence-electron chi connectivity index (χ4n) is 3.02. The number of pyridine rings is 1. The average Bonchev–Trinajstić information content (AvgIpc) is 3.22. The number of hydrogen-bond acceptors (Lipinski definition) is 6. The van der Waals surface area contributed by atoms with E-state index in [2.05, 4.69) is 25.2 Å². The number of amides is 2. The Morgan fingerprint density at radius 1 is 1.25 bits per heavy atom. The van der Waals surface area contributed by atoms with Gasteiger partial charge in [0.2, 0.25) is 0 Å². The number of aromatic nitrogens is 3. The van der Waals surface area contributed by atoms with Crippen molar-refractivity contribution in [1.29, 1.82) is 0 Å². The van der Waals surface area contributed by atoms with Gasteiger partial charge in [0.05, 0.1) is 23.0 Å². The van der Waals surface area contributed by atoms with Crippen molar-refractivity contribution in [1.82, 2.24) is 25.5 Å². The third kappa shape index (κ3) is 2.75. The fourth-order valence-corrected chi connectivity index (χ4v) is 3.02. The molecule has 3 heterocycles. The zero-order valence-electron chi connectivity index (χ0n) is 13.9. The highest BCUT2D eigenvalue weighted by molar-refractivity contribution is 5.95. The van der Waals surface area contributed by atoms with Gasteiger partial charge in [-0.3, -0.25) is 14.6 Å². The maximum absolute atomic E-state index is 12.7. The molecule has 0 spiro atoms. The van der Waals surface area contributed by atoms with Crippen LogP contribution in [0.15, 0.2) is 16.8 Å². The lowest BCUT2D eigenvalue weighted by molar-refractivity contribution is 0.0720. The minimum atomic E-state index is -0.203. The number of nitrogens with zero attached hydrogens (tertiary/aromatic N) is 4. The van der Waals surface area contributed by atoms with Crippen LogP contribution in [0.5, 0.6) is 0 Å². The van der Waals surface area contributed by atoms with Gasteiger partial charge in [-0.1, -0.05) is 5.16 Å². The standard InChI is InChI=1S/C16H19N5O3/c1-9-11(15(22)17-3)6-7-12(18-9)13-5-4-8-21(13)16(23)14-10(2)19-24-20-14/h6-7,13H,4-5,8H2,1-3H3,(H,17,22)/t13-/m1/s1. The number of likely N-dealkylation sites (tertiary alicyclic amines) is 1. The molecule has 1 saturated heterocycles. The minimum absolute atomic E-state index is 0.133. The molecular weight excluding hydrogens is 310 g/mol. The summed E-state index contributed by atoms with van der Waals surface area (Å²) >= 11 is 0. The molecule has 1 atom stereocenters. The maximum Gasteiger partial charge on any atom is 0.278 e. The summed E-state index contributed by atoms with van der Waals surface area (Å²) in [6, 6.07) is 3.42. The first-order valence-electron chi connectivity index (χ1n) is 7.82. The molecule has 0 aliphatic carbocycles. The van der Waals surface area contributed by atoms with Crippen LogP contribution in [0.1, 0.15) is 56.8 Å². The number of nitrogens with one attached hydrogen (secondary N) is 1. The van der Waals surface area contributed by atoms with Crippen LogP contribution in [-0.4, -0.2) is 45.6 Å². The van der Waals surface area contributed by atoms with Crippen molar-refractivity contribution in [3.05, 3.63) is 40.5 Å². The third-order valence-corrected chi connectivity index (χ3v) is 4.29. The van der Waals surface area contributed by atoms with E-state index in [4.69, 9.17) is 0 Å². The van der Waals surface area contributed by atoms with Crippen LogP contribution < -0.4 is 5.32 Å². The van der Waals surface area contributed by atoms with Gasteiger partial charge in [-0.2, -0.15) is 0 Å². The molecule has 0 bridgehead atoms. The molecule has 0 saturated carbocycles. The second-order valence-electron chi connectivity index (χ2n) is 5.80. The van der Waals surface area contributed by atoms with Crippen molar-refractivity contribution in [3.63, 3.8) is 0 Å². The second kappa shape index (κ2) is 6.38. The van der Waals surface area contributed by atoms with Gasteiger partial charge in [0.25, 0.3) is 11.8 Å². The Hall–Kier alpha value is -2.77. The average molecular weight is 329 g/mol. The topological polar surface area (TPSA) is 101 Å². The highest BCUT2D eigenvalue weighted by atomic mass is 16.6. The lowest BCUT2D eigenvalue weighted by Crippen LogP contribution is -2.32. The van der Waals surface area contributed by atoms with E-state index in [-0.39, 0.29) is 23.6 Å². The van der Waals surface area contributed by atoms with E-state index >= 15 is 0 Å². The first kappa shape index (κ1) is 16.1. The molecule has 1 aliphatic rings. The van der Waals surface area contributed by atoms with Gasteiger partial charge in [-0.25, -0.2) is 4.63 Å². The van der Waals surface area contributed by atoms with Crippen molar-refractivity contribution in [2.75, 3.05) is 13.6 Å². The highest BCUT2D eigenvalue weighted by Gasteiger charge is 2.34. The molecule has 3 rings (SSSR count). The summed E-state index contributed by atoms with van der Waals surface area (Å²) in [5, 5.41) is 9.97. The van der Waals surface area contributed by atoms with E-state index in [0.717, 1.165) is 18.5 Å². The zero-order chi connectivity index (χ0) is 17.3. The molecule has 8 heteroatoms. The summed E-state index contributed by atoms with van der Waals surface area (Å²) in [5.41, 5.74) is 2.67. The van der Waals surface area contributed by atoms with Gasteiger partial charge < -0.3 is 10.2 Å². The van der Waals surface area contributed by atoms with E-state index in [0.29, 0.717) is 23.5 Å². The summed E-state index contributed by atoms with van der Waals surface area (Å²) in [7, 11) is 1.58. The van der Waals surface area contributed by atoms with Crippen molar-refractivity contribution < 1.29 is 14.2 Å². The summed E-state index contributed by atoms with van der Waals surface area (Å²) in [6.45, 7) is 4.12. The Bertz CT molecular complexity index is 786. The molecule has 1 N–H and O–H groups in total. The van der Waals surface area contributed by atoms with Crippen LogP contribution in [0.2, 0.25) is 0 Å². The van der Waals surface area contributed by atoms with Gasteiger partial charge in [0.1, 0.15) is 5.69 Å². The lowest BCUT2D eigenvalue weighted by atomic mass is 10.1. The van der Waals surface area contributed by atoms with Crippen molar-refractivity contribution in [2.24, 2.45) is 0 Å². The number of rotatable bonds is 3. The third-order valence-electron chi connectivity index (χ3n) is 4.29.